The van der Waals surface area contributed by atoms with Gasteiger partial charge in [-0.3, -0.25) is 19.4 Å². The first-order valence-corrected chi connectivity index (χ1v) is 12.1. The molecule has 5 nitrogen and oxygen atoms in total. The Balaban J connectivity index is 1.70. The minimum Gasteiger partial charge on any atom is -0.352 e. The number of benzene rings is 2. The van der Waals surface area contributed by atoms with Crippen molar-refractivity contribution >= 4 is 29.1 Å². The Hall–Kier alpha value is -3.93. The Kier molecular flexibility index (Phi) is 4.71. The molecule has 0 amide bonds. The Morgan fingerprint density at radius 1 is 1.00 bits per heavy atom. The number of carbonyl (C=O) groups excluding carboxylic acids is 3. The highest BCUT2D eigenvalue weighted by Crippen LogP contribution is 2.61. The minimum atomic E-state index is -1.55. The molecule has 3 atom stereocenters. The molecule has 1 saturated heterocycles. The molecular weight excluding hydrogens is 455 g/mol. The molecule has 2 aromatic carbocycles. The van der Waals surface area contributed by atoms with Crippen molar-refractivity contribution in [3.63, 3.8) is 0 Å². The van der Waals surface area contributed by atoms with Gasteiger partial charge in [0.05, 0.1) is 12.1 Å². The predicted octanol–water partition coefficient (Wildman–Crippen LogP) is 5.27. The fourth-order valence-electron chi connectivity index (χ4n) is 6.32. The molecule has 1 aliphatic carbocycles. The number of hydrogen-bond acceptors (Lipinski definition) is 5. The van der Waals surface area contributed by atoms with Crippen LogP contribution in [0.1, 0.15) is 58.5 Å². The molecule has 6 heteroatoms. The number of hydrogen-bond donors (Lipinski definition) is 0. The van der Waals surface area contributed by atoms with Gasteiger partial charge in [0, 0.05) is 46.1 Å². The van der Waals surface area contributed by atoms with E-state index in [1.807, 2.05) is 31.7 Å². The number of nitrogens with zero attached hydrogens (tertiary/aromatic N) is 2. The van der Waals surface area contributed by atoms with Gasteiger partial charge in [-0.05, 0) is 29.8 Å². The van der Waals surface area contributed by atoms with Gasteiger partial charge in [-0.2, -0.15) is 0 Å². The normalized spacial score (nSPS) is 23.6. The van der Waals surface area contributed by atoms with Crippen molar-refractivity contribution < 1.29 is 18.8 Å². The highest BCUT2D eigenvalue weighted by Gasteiger charge is 2.72. The van der Waals surface area contributed by atoms with Crippen molar-refractivity contribution in [3.8, 4) is 0 Å². The zero-order valence-corrected chi connectivity index (χ0v) is 20.2. The van der Waals surface area contributed by atoms with Crippen LogP contribution in [0.2, 0.25) is 0 Å². The Bertz CT molecular complexity index is 1440. The lowest BCUT2D eigenvalue weighted by molar-refractivity contribution is -0.127. The van der Waals surface area contributed by atoms with Gasteiger partial charge in [-0.25, -0.2) is 4.39 Å². The average molecular weight is 481 g/mol. The molecule has 1 spiro atoms. The van der Waals surface area contributed by atoms with Crippen molar-refractivity contribution in [1.82, 2.24) is 4.98 Å². The Morgan fingerprint density at radius 3 is 2.31 bits per heavy atom. The van der Waals surface area contributed by atoms with Gasteiger partial charge < -0.3 is 4.90 Å². The van der Waals surface area contributed by atoms with E-state index in [4.69, 9.17) is 0 Å². The van der Waals surface area contributed by atoms with Gasteiger partial charge in [-0.15, -0.1) is 0 Å². The molecule has 1 fully saturated rings. The highest BCUT2D eigenvalue weighted by atomic mass is 19.1. The molecule has 2 aliphatic heterocycles. The third kappa shape index (κ3) is 2.81. The molecule has 6 rings (SSSR count). The largest absolute Gasteiger partial charge is 0.352 e. The molecule has 0 bridgehead atoms. The fourth-order valence-corrected chi connectivity index (χ4v) is 6.32. The molecule has 3 heterocycles. The number of anilines is 1. The third-order valence-electron chi connectivity index (χ3n) is 7.82. The molecule has 3 aliphatic rings. The lowest BCUT2D eigenvalue weighted by Crippen LogP contribution is -2.49. The highest BCUT2D eigenvalue weighted by molar-refractivity contribution is 6.32. The van der Waals surface area contributed by atoms with Crippen LogP contribution in [0.3, 0.4) is 0 Å². The van der Waals surface area contributed by atoms with Crippen molar-refractivity contribution in [3.05, 3.63) is 101 Å². The van der Waals surface area contributed by atoms with Crippen molar-refractivity contribution in [2.45, 2.75) is 38.8 Å². The molecular formula is C30H25FN2O3. The molecule has 0 radical (unpaired) electrons. The number of pyridine rings is 1. The maximum atomic E-state index is 14.4. The second-order valence-electron chi connectivity index (χ2n) is 10.8. The summed E-state index contributed by atoms with van der Waals surface area (Å²) < 4.78 is 14.2. The van der Waals surface area contributed by atoms with E-state index >= 15 is 0 Å². The van der Waals surface area contributed by atoms with Crippen molar-refractivity contribution in [1.29, 1.82) is 0 Å². The lowest BCUT2D eigenvalue weighted by Gasteiger charge is -2.38. The van der Waals surface area contributed by atoms with Crippen LogP contribution in [0.4, 0.5) is 10.1 Å². The standard InChI is InChI=1S/C30H25FN2O3/c1-29(2,3)28(36)25-24(18-7-6-14-32-16-18)30(26(34)20-8-4-5-9-21(20)27(30)35)23-13-10-17-15-19(31)11-12-22(17)33(23)25/h4-16,23-25H,1-3H3/t23-,24+,25-/m1/s1. The Morgan fingerprint density at radius 2 is 1.69 bits per heavy atom. The van der Waals surface area contributed by atoms with Crippen LogP contribution in [0.5, 0.6) is 0 Å². The topological polar surface area (TPSA) is 67.3 Å². The van der Waals surface area contributed by atoms with Crippen LogP contribution in [0.15, 0.2) is 73.1 Å². The van der Waals surface area contributed by atoms with Gasteiger partial charge in [0.25, 0.3) is 0 Å². The van der Waals surface area contributed by atoms with E-state index in [1.54, 1.807) is 60.9 Å². The third-order valence-corrected chi connectivity index (χ3v) is 7.82. The zero-order valence-electron chi connectivity index (χ0n) is 20.2. The first-order chi connectivity index (χ1) is 17.2. The van der Waals surface area contributed by atoms with Gasteiger partial charge in [0.2, 0.25) is 0 Å². The van der Waals surface area contributed by atoms with E-state index in [0.29, 0.717) is 27.9 Å². The molecule has 0 unspecified atom stereocenters. The number of fused-ring (bicyclic) bond motifs is 5. The molecule has 1 aromatic heterocycles. The number of halogens is 1. The van der Waals surface area contributed by atoms with E-state index in [1.165, 1.54) is 12.1 Å². The minimum absolute atomic E-state index is 0.0969. The zero-order chi connectivity index (χ0) is 25.4. The SMILES string of the molecule is CC(C)(C)C(=O)[C@H]1[C@H](c2cccnc2)C2(C(=O)c3ccccc3C2=O)[C@H]2C=Cc3cc(F)ccc3N12. The summed E-state index contributed by atoms with van der Waals surface area (Å²) >= 11 is 0. The van der Waals surface area contributed by atoms with Gasteiger partial charge in [0.1, 0.15) is 11.2 Å². The summed E-state index contributed by atoms with van der Waals surface area (Å²) in [5, 5.41) is 0. The molecule has 0 saturated carbocycles. The summed E-state index contributed by atoms with van der Waals surface area (Å²) in [6.07, 6.45) is 6.83. The van der Waals surface area contributed by atoms with Gasteiger partial charge in [0.15, 0.2) is 17.3 Å². The Labute approximate surface area is 208 Å². The maximum Gasteiger partial charge on any atom is 0.180 e. The summed E-state index contributed by atoms with van der Waals surface area (Å²) in [7, 11) is 0. The summed E-state index contributed by atoms with van der Waals surface area (Å²) in [6.45, 7) is 5.52. The summed E-state index contributed by atoms with van der Waals surface area (Å²) in [5.41, 5.74) is 0.323. The molecule has 180 valence electrons. The average Bonchev–Trinajstić information content (AvgIpc) is 3.29. The maximum absolute atomic E-state index is 14.4. The number of Topliss-reactive ketones (excluding diaryl/α,β-unsaturated/α-hetero) is 3. The molecule has 36 heavy (non-hydrogen) atoms. The smallest absolute Gasteiger partial charge is 0.180 e. The lowest BCUT2D eigenvalue weighted by atomic mass is 9.63. The van der Waals surface area contributed by atoms with Crippen LogP contribution in [0, 0.1) is 16.6 Å². The van der Waals surface area contributed by atoms with Crippen LogP contribution in [-0.4, -0.2) is 34.4 Å². The quantitative estimate of drug-likeness (QED) is 0.468. The van der Waals surface area contributed by atoms with E-state index in [9.17, 15) is 18.8 Å². The first-order valence-electron chi connectivity index (χ1n) is 12.1. The fraction of sp³-hybridized carbons (Fsp3) is 0.267. The van der Waals surface area contributed by atoms with Gasteiger partial charge in [-0.1, -0.05) is 63.3 Å². The number of rotatable bonds is 2. The number of ketones is 3. The second-order valence-corrected chi connectivity index (χ2v) is 10.8. The van der Waals surface area contributed by atoms with Crippen molar-refractivity contribution in [2.24, 2.45) is 10.8 Å². The monoisotopic (exact) mass is 480 g/mol. The van der Waals surface area contributed by atoms with Crippen LogP contribution >= 0.6 is 0 Å². The van der Waals surface area contributed by atoms with Crippen molar-refractivity contribution in [2.75, 3.05) is 4.90 Å². The first kappa shape index (κ1) is 22.5. The van der Waals surface area contributed by atoms with E-state index < -0.39 is 34.6 Å². The number of carbonyl (C=O) groups is 3. The molecule has 0 N–H and O–H groups in total. The summed E-state index contributed by atoms with van der Waals surface area (Å²) in [4.78, 5) is 49.2. The molecule has 3 aromatic rings. The van der Waals surface area contributed by atoms with Crippen LogP contribution < -0.4 is 4.90 Å². The number of aromatic nitrogens is 1. The predicted molar refractivity (Wildman–Crippen MR) is 134 cm³/mol. The van der Waals surface area contributed by atoms with E-state index in [-0.39, 0.29) is 17.3 Å². The second kappa shape index (κ2) is 7.53. The van der Waals surface area contributed by atoms with Crippen LogP contribution in [0.25, 0.3) is 6.08 Å². The van der Waals surface area contributed by atoms with E-state index in [2.05, 4.69) is 4.98 Å². The van der Waals surface area contributed by atoms with Crippen LogP contribution in [-0.2, 0) is 4.79 Å². The van der Waals surface area contributed by atoms with E-state index in [0.717, 1.165) is 0 Å². The summed E-state index contributed by atoms with van der Waals surface area (Å²) in [5.74, 6) is -1.84. The van der Waals surface area contributed by atoms with Gasteiger partial charge >= 0.3 is 0 Å². The summed E-state index contributed by atoms with van der Waals surface area (Å²) in [6, 6.07) is 13.3.